The summed E-state index contributed by atoms with van der Waals surface area (Å²) < 4.78 is 31.4. The first-order valence-electron chi connectivity index (χ1n) is 10.1. The first-order chi connectivity index (χ1) is 15.2. The number of rotatable bonds is 6. The van der Waals surface area contributed by atoms with Gasteiger partial charge in [-0.15, -0.1) is 11.3 Å². The predicted molar refractivity (Wildman–Crippen MR) is 115 cm³/mol. The number of aliphatic carboxylic acids is 1. The monoisotopic (exact) mass is 462 g/mol. The van der Waals surface area contributed by atoms with Crippen LogP contribution in [0.5, 0.6) is 5.75 Å². The molecule has 32 heavy (non-hydrogen) atoms. The van der Waals surface area contributed by atoms with E-state index in [0.717, 1.165) is 10.6 Å². The number of carbonyl (C=O) groups excluding carboxylic acids is 1. The van der Waals surface area contributed by atoms with Gasteiger partial charge in [0.25, 0.3) is 5.91 Å². The fraction of sp³-hybridized carbons (Fsp3) is 0.409. The number of carbonyl (C=O) groups is 2. The number of carboxylic acids is 1. The number of benzene rings is 1. The summed E-state index contributed by atoms with van der Waals surface area (Å²) in [6.07, 6.45) is -0.0701. The molecule has 3 heterocycles. The number of aryl methyl sites for hydroxylation is 2. The van der Waals surface area contributed by atoms with Crippen molar-refractivity contribution in [1.29, 1.82) is 0 Å². The van der Waals surface area contributed by atoms with E-state index in [1.165, 1.54) is 30.4 Å². The number of nitrogens with one attached hydrogen (secondary N) is 1. The molecule has 8 nitrogen and oxygen atoms in total. The topological polar surface area (TPSA) is 111 Å². The van der Waals surface area contributed by atoms with Gasteiger partial charge in [0.2, 0.25) is 0 Å². The van der Waals surface area contributed by atoms with Crippen LogP contribution >= 0.6 is 11.3 Å². The summed E-state index contributed by atoms with van der Waals surface area (Å²) >= 11 is 1.43. The lowest BCUT2D eigenvalue weighted by Gasteiger charge is -2.37. The van der Waals surface area contributed by atoms with Crippen molar-refractivity contribution in [2.24, 2.45) is 0 Å². The van der Waals surface area contributed by atoms with Gasteiger partial charge in [-0.05, 0) is 26.8 Å². The maximum Gasteiger partial charge on any atom is 0.329 e. The normalized spacial score (nSPS) is 20.9. The molecule has 10 heteroatoms. The Labute approximate surface area is 187 Å². The zero-order valence-electron chi connectivity index (χ0n) is 17.9. The minimum atomic E-state index is -1.47. The van der Waals surface area contributed by atoms with Gasteiger partial charge in [-0.25, -0.2) is 14.2 Å². The first-order valence-corrected chi connectivity index (χ1v) is 11.0. The Morgan fingerprint density at radius 2 is 2.19 bits per heavy atom. The van der Waals surface area contributed by atoms with E-state index in [1.54, 1.807) is 12.4 Å². The number of fused-ring (bicyclic) bond motifs is 1. The third kappa shape index (κ3) is 4.07. The third-order valence-corrected chi connectivity index (χ3v) is 6.57. The Hall–Kier alpha value is -2.98. The molecule has 1 aromatic carbocycles. The molecule has 3 aromatic rings. The van der Waals surface area contributed by atoms with E-state index in [0.29, 0.717) is 0 Å². The molecule has 2 unspecified atom stereocenters. The molecule has 0 aliphatic carbocycles. The summed E-state index contributed by atoms with van der Waals surface area (Å²) in [7, 11) is 0. The molecule has 2 atom stereocenters. The highest BCUT2D eigenvalue weighted by Crippen LogP contribution is 2.33. The minimum absolute atomic E-state index is 0.0816. The Morgan fingerprint density at radius 1 is 1.41 bits per heavy atom. The van der Waals surface area contributed by atoms with Gasteiger partial charge in [0.15, 0.2) is 11.4 Å². The second-order valence-electron chi connectivity index (χ2n) is 7.94. The van der Waals surface area contributed by atoms with Crippen molar-refractivity contribution in [1.82, 2.24) is 10.3 Å². The number of nitrogens with zero attached hydrogens (tertiary/aromatic N) is 1. The van der Waals surface area contributed by atoms with Crippen LogP contribution in [-0.2, 0) is 16.1 Å². The van der Waals surface area contributed by atoms with E-state index in [9.17, 15) is 19.1 Å². The van der Waals surface area contributed by atoms with E-state index in [2.05, 4.69) is 10.3 Å². The van der Waals surface area contributed by atoms with E-state index in [1.807, 2.05) is 6.92 Å². The van der Waals surface area contributed by atoms with Crippen molar-refractivity contribution in [2.45, 2.75) is 51.9 Å². The van der Waals surface area contributed by atoms with Gasteiger partial charge in [-0.3, -0.25) is 4.79 Å². The number of halogens is 1. The Kier molecular flexibility index (Phi) is 5.91. The summed E-state index contributed by atoms with van der Waals surface area (Å²) in [6, 6.07) is 2.72. The lowest BCUT2D eigenvalue weighted by molar-refractivity contribution is -0.150. The molecule has 1 fully saturated rings. The molecule has 1 aliphatic heterocycles. The van der Waals surface area contributed by atoms with Crippen LogP contribution in [0.4, 0.5) is 4.39 Å². The smallest absolute Gasteiger partial charge is 0.329 e. The van der Waals surface area contributed by atoms with Crippen molar-refractivity contribution in [3.05, 3.63) is 45.4 Å². The highest BCUT2D eigenvalue weighted by molar-refractivity contribution is 7.09. The van der Waals surface area contributed by atoms with Crippen LogP contribution < -0.4 is 10.1 Å². The second kappa shape index (κ2) is 8.51. The van der Waals surface area contributed by atoms with Crippen LogP contribution in [0.2, 0.25) is 0 Å². The van der Waals surface area contributed by atoms with Crippen molar-refractivity contribution in [2.75, 3.05) is 6.61 Å². The number of amides is 1. The molecule has 2 N–H and O–H groups in total. The van der Waals surface area contributed by atoms with Gasteiger partial charge in [0.1, 0.15) is 23.7 Å². The van der Waals surface area contributed by atoms with Gasteiger partial charge >= 0.3 is 5.97 Å². The standard InChI is InChI=1S/C22H23FN2O6S/c1-11-8-22(21(27)28,4-5-29-11)25-20(26)18-13(3)31-19-15(18)6-14(7-16(19)23)30-9-17-12(2)24-10-32-17/h6-7,10-11H,4-5,8-9H2,1-3H3,(H,25,26)(H,27,28). The van der Waals surface area contributed by atoms with Gasteiger partial charge in [0, 0.05) is 30.9 Å². The summed E-state index contributed by atoms with van der Waals surface area (Å²) in [4.78, 5) is 30.3. The average Bonchev–Trinajstić information content (AvgIpc) is 3.28. The van der Waals surface area contributed by atoms with E-state index < -0.39 is 23.2 Å². The maximum absolute atomic E-state index is 14.7. The van der Waals surface area contributed by atoms with Crippen LogP contribution in [0.1, 0.15) is 46.5 Å². The third-order valence-electron chi connectivity index (χ3n) is 5.66. The SMILES string of the molecule is Cc1ncsc1COc1cc(F)c2oc(C)c(C(=O)NC3(C(=O)O)CCOC(C)C3)c2c1. The molecule has 1 aliphatic rings. The maximum atomic E-state index is 14.7. The molecule has 170 valence electrons. The average molecular weight is 462 g/mol. The lowest BCUT2D eigenvalue weighted by Crippen LogP contribution is -2.58. The van der Waals surface area contributed by atoms with Crippen LogP contribution in [0, 0.1) is 19.7 Å². The summed E-state index contributed by atoms with van der Waals surface area (Å²) in [5.74, 6) is -2.04. The summed E-state index contributed by atoms with van der Waals surface area (Å²) in [6.45, 7) is 5.57. The molecule has 2 aromatic heterocycles. The Bertz CT molecular complexity index is 1190. The van der Waals surface area contributed by atoms with Crippen LogP contribution in [0.15, 0.2) is 22.1 Å². The molecule has 4 rings (SSSR count). The highest BCUT2D eigenvalue weighted by atomic mass is 32.1. The minimum Gasteiger partial charge on any atom is -0.488 e. The second-order valence-corrected chi connectivity index (χ2v) is 8.88. The number of hydrogen-bond acceptors (Lipinski definition) is 7. The van der Waals surface area contributed by atoms with Gasteiger partial charge in [-0.2, -0.15) is 0 Å². The van der Waals surface area contributed by atoms with E-state index >= 15 is 0 Å². The van der Waals surface area contributed by atoms with Crippen LogP contribution in [0.3, 0.4) is 0 Å². The number of hydrogen-bond donors (Lipinski definition) is 2. The van der Waals surface area contributed by atoms with Gasteiger partial charge < -0.3 is 24.3 Å². The fourth-order valence-electron chi connectivity index (χ4n) is 3.96. The zero-order valence-corrected chi connectivity index (χ0v) is 18.7. The Morgan fingerprint density at radius 3 is 2.84 bits per heavy atom. The fourth-order valence-corrected chi connectivity index (χ4v) is 4.65. The molecule has 1 amide bonds. The number of thiazole rings is 1. The van der Waals surface area contributed by atoms with Crippen molar-refractivity contribution < 1.29 is 33.0 Å². The number of carboxylic acid groups (broad SMARTS) is 1. The number of furan rings is 1. The molecular formula is C22H23FN2O6S. The van der Waals surface area contributed by atoms with Gasteiger partial charge in [-0.1, -0.05) is 0 Å². The molecule has 0 saturated carbocycles. The van der Waals surface area contributed by atoms with E-state index in [-0.39, 0.29) is 60.2 Å². The van der Waals surface area contributed by atoms with Gasteiger partial charge in [0.05, 0.1) is 27.7 Å². The molecule has 0 radical (unpaired) electrons. The van der Waals surface area contributed by atoms with Crippen molar-refractivity contribution in [3.8, 4) is 5.75 Å². The predicted octanol–water partition coefficient (Wildman–Crippen LogP) is 3.98. The summed E-state index contributed by atoms with van der Waals surface area (Å²) in [5.41, 5.74) is 1.06. The lowest BCUT2D eigenvalue weighted by atomic mass is 9.86. The molecule has 1 saturated heterocycles. The van der Waals surface area contributed by atoms with E-state index in [4.69, 9.17) is 13.9 Å². The first kappa shape index (κ1) is 22.2. The van der Waals surface area contributed by atoms with Crippen LogP contribution in [-0.4, -0.2) is 40.2 Å². The quantitative estimate of drug-likeness (QED) is 0.570. The highest BCUT2D eigenvalue weighted by Gasteiger charge is 2.44. The molecular weight excluding hydrogens is 439 g/mol. The Balaban J connectivity index is 1.66. The van der Waals surface area contributed by atoms with Crippen molar-refractivity contribution >= 4 is 34.2 Å². The van der Waals surface area contributed by atoms with Crippen LogP contribution in [0.25, 0.3) is 11.0 Å². The zero-order chi connectivity index (χ0) is 23.0. The molecule has 0 spiro atoms. The molecule has 0 bridgehead atoms. The van der Waals surface area contributed by atoms with Crippen molar-refractivity contribution in [3.63, 3.8) is 0 Å². The summed E-state index contributed by atoms with van der Waals surface area (Å²) in [5, 5.41) is 12.7. The number of ether oxygens (including phenoxy) is 2. The largest absolute Gasteiger partial charge is 0.488 e. The number of aromatic nitrogens is 1.